The average molecular weight is 225 g/mol. The SMILES string of the molecule is CCC(=O)N1CCC2(CC1)NC(=O)NC2=O. The number of amides is 4. The van der Waals surface area contributed by atoms with Crippen LogP contribution in [0.1, 0.15) is 26.2 Å². The second-order valence-electron chi connectivity index (χ2n) is 4.22. The Kier molecular flexibility index (Phi) is 2.57. The van der Waals surface area contributed by atoms with E-state index >= 15 is 0 Å². The van der Waals surface area contributed by atoms with E-state index in [1.165, 1.54) is 0 Å². The van der Waals surface area contributed by atoms with Crippen LogP contribution in [0.4, 0.5) is 4.79 Å². The van der Waals surface area contributed by atoms with Gasteiger partial charge in [0.1, 0.15) is 5.54 Å². The number of nitrogens with zero attached hydrogens (tertiary/aromatic N) is 1. The number of carbonyl (C=O) groups excluding carboxylic acids is 3. The minimum absolute atomic E-state index is 0.0968. The van der Waals surface area contributed by atoms with Crippen molar-refractivity contribution in [3.8, 4) is 0 Å². The summed E-state index contributed by atoms with van der Waals surface area (Å²) in [4.78, 5) is 35.9. The monoisotopic (exact) mass is 225 g/mol. The smallest absolute Gasteiger partial charge is 0.322 e. The highest BCUT2D eigenvalue weighted by atomic mass is 16.2. The van der Waals surface area contributed by atoms with E-state index in [-0.39, 0.29) is 11.8 Å². The lowest BCUT2D eigenvalue weighted by Crippen LogP contribution is -2.55. The molecule has 2 aliphatic rings. The molecule has 1 spiro atoms. The molecule has 2 saturated heterocycles. The summed E-state index contributed by atoms with van der Waals surface area (Å²) in [7, 11) is 0. The van der Waals surface area contributed by atoms with Gasteiger partial charge in [-0.3, -0.25) is 14.9 Å². The van der Waals surface area contributed by atoms with E-state index in [1.54, 1.807) is 4.90 Å². The molecule has 0 saturated carbocycles. The Morgan fingerprint density at radius 2 is 2.00 bits per heavy atom. The van der Waals surface area contributed by atoms with Gasteiger partial charge in [0.15, 0.2) is 0 Å². The van der Waals surface area contributed by atoms with Crippen LogP contribution in [-0.4, -0.2) is 41.4 Å². The first-order valence-electron chi connectivity index (χ1n) is 5.49. The van der Waals surface area contributed by atoms with Gasteiger partial charge in [0.05, 0.1) is 0 Å². The molecule has 2 N–H and O–H groups in total. The second-order valence-corrected chi connectivity index (χ2v) is 4.22. The number of imide groups is 1. The molecule has 0 aromatic heterocycles. The maximum absolute atomic E-state index is 11.6. The van der Waals surface area contributed by atoms with Crippen LogP contribution >= 0.6 is 0 Å². The fourth-order valence-corrected chi connectivity index (χ4v) is 2.24. The van der Waals surface area contributed by atoms with Crippen molar-refractivity contribution in [3.05, 3.63) is 0 Å². The number of urea groups is 1. The van der Waals surface area contributed by atoms with Crippen LogP contribution in [0, 0.1) is 0 Å². The molecule has 6 nitrogen and oxygen atoms in total. The zero-order valence-electron chi connectivity index (χ0n) is 9.21. The van der Waals surface area contributed by atoms with E-state index in [0.29, 0.717) is 32.4 Å². The van der Waals surface area contributed by atoms with Gasteiger partial charge in [-0.05, 0) is 12.8 Å². The summed E-state index contributed by atoms with van der Waals surface area (Å²) in [6.07, 6.45) is 1.47. The minimum Gasteiger partial charge on any atom is -0.343 e. The normalized spacial score (nSPS) is 23.2. The van der Waals surface area contributed by atoms with E-state index in [9.17, 15) is 14.4 Å². The van der Waals surface area contributed by atoms with Crippen molar-refractivity contribution in [2.24, 2.45) is 0 Å². The van der Waals surface area contributed by atoms with Crippen molar-refractivity contribution in [1.82, 2.24) is 15.5 Å². The van der Waals surface area contributed by atoms with Crippen molar-refractivity contribution in [2.75, 3.05) is 13.1 Å². The lowest BCUT2D eigenvalue weighted by atomic mass is 9.87. The second kappa shape index (κ2) is 3.77. The van der Waals surface area contributed by atoms with Gasteiger partial charge in [0.2, 0.25) is 5.91 Å². The van der Waals surface area contributed by atoms with Crippen molar-refractivity contribution >= 4 is 17.8 Å². The van der Waals surface area contributed by atoms with Gasteiger partial charge in [-0.25, -0.2) is 4.79 Å². The summed E-state index contributed by atoms with van der Waals surface area (Å²) in [6.45, 7) is 2.87. The van der Waals surface area contributed by atoms with E-state index in [4.69, 9.17) is 0 Å². The first-order valence-corrected chi connectivity index (χ1v) is 5.49. The fourth-order valence-electron chi connectivity index (χ4n) is 2.24. The maximum atomic E-state index is 11.6. The molecule has 0 radical (unpaired) electrons. The van der Waals surface area contributed by atoms with Gasteiger partial charge in [0.25, 0.3) is 5.91 Å². The van der Waals surface area contributed by atoms with Gasteiger partial charge < -0.3 is 10.2 Å². The summed E-state index contributed by atoms with van der Waals surface area (Å²) in [5.41, 5.74) is -0.776. The quantitative estimate of drug-likeness (QED) is 0.596. The zero-order valence-corrected chi connectivity index (χ0v) is 9.21. The first-order chi connectivity index (χ1) is 7.57. The summed E-state index contributed by atoms with van der Waals surface area (Å²) >= 11 is 0. The maximum Gasteiger partial charge on any atom is 0.322 e. The Hall–Kier alpha value is -1.59. The third-order valence-corrected chi connectivity index (χ3v) is 3.29. The molecule has 2 fully saturated rings. The third kappa shape index (κ3) is 1.64. The van der Waals surface area contributed by atoms with Crippen LogP contribution in [0.15, 0.2) is 0 Å². The first kappa shape index (κ1) is 10.9. The Labute approximate surface area is 93.4 Å². The molecule has 0 aromatic rings. The Balaban J connectivity index is 2.02. The molecule has 2 heterocycles. The largest absolute Gasteiger partial charge is 0.343 e. The number of likely N-dealkylation sites (tertiary alicyclic amines) is 1. The molecular formula is C10H15N3O3. The topological polar surface area (TPSA) is 78.5 Å². The van der Waals surface area contributed by atoms with E-state index in [0.717, 1.165) is 0 Å². The van der Waals surface area contributed by atoms with E-state index in [1.807, 2.05) is 6.92 Å². The Morgan fingerprint density at radius 3 is 2.44 bits per heavy atom. The van der Waals surface area contributed by atoms with Crippen LogP contribution in [0.2, 0.25) is 0 Å². The summed E-state index contributed by atoms with van der Waals surface area (Å²) in [6, 6.07) is -0.430. The van der Waals surface area contributed by atoms with Gasteiger partial charge >= 0.3 is 6.03 Å². The number of carbonyl (C=O) groups is 3. The highest BCUT2D eigenvalue weighted by Crippen LogP contribution is 2.25. The highest BCUT2D eigenvalue weighted by Gasteiger charge is 2.48. The molecule has 88 valence electrons. The predicted molar refractivity (Wildman–Crippen MR) is 55.5 cm³/mol. The fraction of sp³-hybridized carbons (Fsp3) is 0.700. The van der Waals surface area contributed by atoms with Crippen LogP contribution in [-0.2, 0) is 9.59 Å². The molecular weight excluding hydrogens is 210 g/mol. The van der Waals surface area contributed by atoms with Crippen molar-refractivity contribution in [3.63, 3.8) is 0 Å². The lowest BCUT2D eigenvalue weighted by Gasteiger charge is -2.36. The van der Waals surface area contributed by atoms with E-state index < -0.39 is 11.6 Å². The van der Waals surface area contributed by atoms with Gasteiger partial charge in [-0.1, -0.05) is 6.92 Å². The molecule has 4 amide bonds. The zero-order chi connectivity index (χ0) is 11.8. The van der Waals surface area contributed by atoms with Gasteiger partial charge in [-0.15, -0.1) is 0 Å². The number of hydrogen-bond donors (Lipinski definition) is 2. The molecule has 0 aromatic carbocycles. The van der Waals surface area contributed by atoms with Crippen LogP contribution in [0.3, 0.4) is 0 Å². The van der Waals surface area contributed by atoms with E-state index in [2.05, 4.69) is 10.6 Å². The predicted octanol–water partition coefficient (Wildman–Crippen LogP) is -0.403. The Bertz CT molecular complexity index is 345. The number of nitrogens with one attached hydrogen (secondary N) is 2. The molecule has 2 rings (SSSR count). The molecule has 0 aliphatic carbocycles. The van der Waals surface area contributed by atoms with Crippen LogP contribution in [0.5, 0.6) is 0 Å². The average Bonchev–Trinajstić information content (AvgIpc) is 2.54. The van der Waals surface area contributed by atoms with Crippen molar-refractivity contribution in [1.29, 1.82) is 0 Å². The lowest BCUT2D eigenvalue weighted by molar-refractivity contribution is -0.135. The standard InChI is InChI=1S/C10H15N3O3/c1-2-7(14)13-5-3-10(4-6-13)8(15)11-9(16)12-10/h2-6H2,1H3,(H2,11,12,15,16). The van der Waals surface area contributed by atoms with Crippen LogP contribution < -0.4 is 10.6 Å². The molecule has 2 aliphatic heterocycles. The van der Waals surface area contributed by atoms with Gasteiger partial charge in [-0.2, -0.15) is 0 Å². The van der Waals surface area contributed by atoms with Crippen molar-refractivity contribution in [2.45, 2.75) is 31.7 Å². The molecule has 0 bridgehead atoms. The summed E-state index contributed by atoms with van der Waals surface area (Å²) < 4.78 is 0. The molecule has 16 heavy (non-hydrogen) atoms. The van der Waals surface area contributed by atoms with Crippen LogP contribution in [0.25, 0.3) is 0 Å². The summed E-state index contributed by atoms with van der Waals surface area (Å²) in [5, 5.41) is 4.90. The molecule has 0 atom stereocenters. The number of piperidine rings is 1. The Morgan fingerprint density at radius 1 is 1.38 bits per heavy atom. The minimum atomic E-state index is -0.776. The highest BCUT2D eigenvalue weighted by molar-refractivity contribution is 6.07. The van der Waals surface area contributed by atoms with Gasteiger partial charge in [0, 0.05) is 19.5 Å². The van der Waals surface area contributed by atoms with Crippen molar-refractivity contribution < 1.29 is 14.4 Å². The number of hydrogen-bond acceptors (Lipinski definition) is 3. The molecule has 0 unspecified atom stereocenters. The third-order valence-electron chi connectivity index (χ3n) is 3.29. The summed E-state index contributed by atoms with van der Waals surface area (Å²) in [5.74, 6) is -0.166. The number of rotatable bonds is 1. The molecule has 6 heteroatoms.